The van der Waals surface area contributed by atoms with Crippen molar-refractivity contribution < 1.29 is 17.2 Å². The fourth-order valence-electron chi connectivity index (χ4n) is 1.76. The van der Waals surface area contributed by atoms with Crippen molar-refractivity contribution in [3.05, 3.63) is 29.8 Å². The summed E-state index contributed by atoms with van der Waals surface area (Å²) in [6.07, 6.45) is 0.572. The van der Waals surface area contributed by atoms with Crippen LogP contribution in [0.1, 0.15) is 6.42 Å². The molecule has 0 bridgehead atoms. The molecule has 1 aromatic carbocycles. The molecule has 17 heavy (non-hydrogen) atoms. The van der Waals surface area contributed by atoms with Crippen LogP contribution < -0.4 is 5.73 Å². The second kappa shape index (κ2) is 4.32. The van der Waals surface area contributed by atoms with Gasteiger partial charge in [-0.3, -0.25) is 0 Å². The third kappa shape index (κ3) is 2.31. The average Bonchev–Trinajstić information content (AvgIpc) is 2.69. The molecule has 0 unspecified atom stereocenters. The Morgan fingerprint density at radius 2 is 2.00 bits per heavy atom. The predicted molar refractivity (Wildman–Crippen MR) is 57.7 cm³/mol. The van der Waals surface area contributed by atoms with Gasteiger partial charge in [0, 0.05) is 19.1 Å². The highest BCUT2D eigenvalue weighted by atomic mass is 32.2. The lowest BCUT2D eigenvalue weighted by Gasteiger charge is -2.15. The molecular weight excluding hydrogens is 250 g/mol. The zero-order chi connectivity index (χ0) is 12.6. The van der Waals surface area contributed by atoms with E-state index in [1.54, 1.807) is 0 Å². The number of halogens is 2. The third-order valence-electron chi connectivity index (χ3n) is 2.72. The highest BCUT2D eigenvalue weighted by molar-refractivity contribution is 7.89. The summed E-state index contributed by atoms with van der Waals surface area (Å²) in [5.74, 6) is -2.24. The first-order chi connectivity index (χ1) is 7.91. The highest BCUT2D eigenvalue weighted by Crippen LogP contribution is 2.21. The Morgan fingerprint density at radius 3 is 2.53 bits per heavy atom. The van der Waals surface area contributed by atoms with Gasteiger partial charge in [-0.05, 0) is 24.6 Å². The molecule has 0 amide bonds. The van der Waals surface area contributed by atoms with Crippen LogP contribution in [-0.4, -0.2) is 31.9 Å². The molecule has 0 spiro atoms. The van der Waals surface area contributed by atoms with Crippen molar-refractivity contribution in [1.82, 2.24) is 4.31 Å². The van der Waals surface area contributed by atoms with Crippen LogP contribution >= 0.6 is 0 Å². The van der Waals surface area contributed by atoms with Gasteiger partial charge in [0.1, 0.15) is 0 Å². The topological polar surface area (TPSA) is 63.4 Å². The molecule has 7 heteroatoms. The van der Waals surface area contributed by atoms with Crippen molar-refractivity contribution in [2.45, 2.75) is 17.4 Å². The lowest BCUT2D eigenvalue weighted by atomic mass is 10.3. The predicted octanol–water partition coefficient (Wildman–Crippen LogP) is 0.686. The molecule has 2 rings (SSSR count). The van der Waals surface area contributed by atoms with E-state index in [4.69, 9.17) is 5.73 Å². The minimum atomic E-state index is -3.76. The van der Waals surface area contributed by atoms with Crippen molar-refractivity contribution in [3.63, 3.8) is 0 Å². The lowest BCUT2D eigenvalue weighted by molar-refractivity contribution is 0.468. The monoisotopic (exact) mass is 262 g/mol. The molecule has 1 atom stereocenters. The standard InChI is InChI=1S/C10H12F2N2O2S/c11-9-2-1-8(5-10(9)12)17(15,16)14-4-3-7(13)6-14/h1-2,5,7H,3-4,6,13H2/t7-/m0/s1. The van der Waals surface area contributed by atoms with Crippen LogP contribution in [0, 0.1) is 11.6 Å². The van der Waals surface area contributed by atoms with E-state index in [1.807, 2.05) is 0 Å². The van der Waals surface area contributed by atoms with Crippen LogP contribution in [0.4, 0.5) is 8.78 Å². The highest BCUT2D eigenvalue weighted by Gasteiger charge is 2.31. The molecule has 0 aromatic heterocycles. The number of hydrogen-bond acceptors (Lipinski definition) is 3. The Labute approximate surface area is 98.1 Å². The smallest absolute Gasteiger partial charge is 0.243 e. The van der Waals surface area contributed by atoms with Gasteiger partial charge in [-0.25, -0.2) is 17.2 Å². The van der Waals surface area contributed by atoms with Gasteiger partial charge in [0.05, 0.1) is 4.90 Å². The second-order valence-corrected chi connectivity index (χ2v) is 5.93. The SMILES string of the molecule is N[C@H]1CCN(S(=O)(=O)c2ccc(F)c(F)c2)C1. The summed E-state index contributed by atoms with van der Waals surface area (Å²) in [5.41, 5.74) is 5.61. The first-order valence-electron chi connectivity index (χ1n) is 5.12. The summed E-state index contributed by atoms with van der Waals surface area (Å²) in [4.78, 5) is -0.245. The molecule has 1 fully saturated rings. The first-order valence-corrected chi connectivity index (χ1v) is 6.56. The molecule has 0 saturated carbocycles. The molecule has 0 radical (unpaired) electrons. The summed E-state index contributed by atoms with van der Waals surface area (Å²) in [7, 11) is -3.76. The number of hydrogen-bond donors (Lipinski definition) is 1. The van der Waals surface area contributed by atoms with E-state index in [9.17, 15) is 17.2 Å². The maximum atomic E-state index is 13.0. The van der Waals surface area contributed by atoms with Crippen molar-refractivity contribution in [3.8, 4) is 0 Å². The van der Waals surface area contributed by atoms with E-state index in [-0.39, 0.29) is 17.5 Å². The zero-order valence-corrected chi connectivity index (χ0v) is 9.75. The van der Waals surface area contributed by atoms with E-state index in [1.165, 1.54) is 4.31 Å². The minimum absolute atomic E-state index is 0.199. The fraction of sp³-hybridized carbons (Fsp3) is 0.400. The third-order valence-corrected chi connectivity index (χ3v) is 4.58. The van der Waals surface area contributed by atoms with Crippen LogP contribution in [0.25, 0.3) is 0 Å². The number of nitrogens with two attached hydrogens (primary N) is 1. The molecule has 1 saturated heterocycles. The maximum Gasteiger partial charge on any atom is 0.243 e. The van der Waals surface area contributed by atoms with Crippen LogP contribution in [0.15, 0.2) is 23.1 Å². The Kier molecular flexibility index (Phi) is 3.15. The summed E-state index contributed by atoms with van der Waals surface area (Å²) >= 11 is 0. The second-order valence-electron chi connectivity index (χ2n) is 3.99. The van der Waals surface area contributed by atoms with E-state index in [0.717, 1.165) is 12.1 Å². The Bertz CT molecular complexity index is 533. The number of benzene rings is 1. The summed E-state index contributed by atoms with van der Waals surface area (Å²) in [5, 5.41) is 0. The van der Waals surface area contributed by atoms with E-state index >= 15 is 0 Å². The quantitative estimate of drug-likeness (QED) is 0.852. The largest absolute Gasteiger partial charge is 0.326 e. The van der Waals surface area contributed by atoms with Crippen LogP contribution in [0.5, 0.6) is 0 Å². The van der Waals surface area contributed by atoms with Crippen molar-refractivity contribution in [1.29, 1.82) is 0 Å². The van der Waals surface area contributed by atoms with Gasteiger partial charge in [0.15, 0.2) is 11.6 Å². The number of rotatable bonds is 2. The molecule has 2 N–H and O–H groups in total. The van der Waals surface area contributed by atoms with Gasteiger partial charge in [-0.15, -0.1) is 0 Å². The summed E-state index contributed by atoms with van der Waals surface area (Å²) < 4.78 is 50.9. The van der Waals surface area contributed by atoms with Crippen molar-refractivity contribution in [2.75, 3.05) is 13.1 Å². The minimum Gasteiger partial charge on any atom is -0.326 e. The first kappa shape index (κ1) is 12.4. The Balaban J connectivity index is 2.35. The molecule has 1 aromatic rings. The molecular formula is C10H12F2N2O2S. The molecule has 1 aliphatic heterocycles. The average molecular weight is 262 g/mol. The van der Waals surface area contributed by atoms with Crippen molar-refractivity contribution >= 4 is 10.0 Å². The maximum absolute atomic E-state index is 13.0. The van der Waals surface area contributed by atoms with Crippen LogP contribution in [0.3, 0.4) is 0 Å². The van der Waals surface area contributed by atoms with E-state index < -0.39 is 21.7 Å². The fourth-order valence-corrected chi connectivity index (χ4v) is 3.28. The van der Waals surface area contributed by atoms with Crippen molar-refractivity contribution in [2.24, 2.45) is 5.73 Å². The molecule has 94 valence electrons. The van der Waals surface area contributed by atoms with Gasteiger partial charge in [-0.1, -0.05) is 0 Å². The number of sulfonamides is 1. The lowest BCUT2D eigenvalue weighted by Crippen LogP contribution is -2.32. The van der Waals surface area contributed by atoms with Gasteiger partial charge >= 0.3 is 0 Å². The number of nitrogens with zero attached hydrogens (tertiary/aromatic N) is 1. The molecule has 4 nitrogen and oxygen atoms in total. The van der Waals surface area contributed by atoms with E-state index in [0.29, 0.717) is 19.0 Å². The molecule has 1 heterocycles. The molecule has 0 aliphatic carbocycles. The van der Waals surface area contributed by atoms with E-state index in [2.05, 4.69) is 0 Å². The Hall–Kier alpha value is -1.05. The van der Waals surface area contributed by atoms with Crippen LogP contribution in [0.2, 0.25) is 0 Å². The van der Waals surface area contributed by atoms with Gasteiger partial charge in [0.25, 0.3) is 0 Å². The summed E-state index contributed by atoms with van der Waals surface area (Å²) in [6, 6.07) is 2.35. The van der Waals surface area contributed by atoms with Gasteiger partial charge < -0.3 is 5.73 Å². The van der Waals surface area contributed by atoms with Crippen LogP contribution in [-0.2, 0) is 10.0 Å². The van der Waals surface area contributed by atoms with Gasteiger partial charge in [0.2, 0.25) is 10.0 Å². The Morgan fingerprint density at radius 1 is 1.29 bits per heavy atom. The molecule has 1 aliphatic rings. The normalized spacial score (nSPS) is 21.9. The zero-order valence-electron chi connectivity index (χ0n) is 8.94. The summed E-state index contributed by atoms with van der Waals surface area (Å²) in [6.45, 7) is 0.518. The van der Waals surface area contributed by atoms with Gasteiger partial charge in [-0.2, -0.15) is 4.31 Å².